The van der Waals surface area contributed by atoms with Gasteiger partial charge >= 0.3 is 0 Å². The van der Waals surface area contributed by atoms with Gasteiger partial charge in [-0.25, -0.2) is 0 Å². The normalized spacial score (nSPS) is 14.7. The largest absolute Gasteiger partial charge is 0.350 e. The van der Waals surface area contributed by atoms with Crippen LogP contribution in [0.1, 0.15) is 45.9 Å². The van der Waals surface area contributed by atoms with E-state index in [0.717, 1.165) is 36.8 Å². The third-order valence-corrected chi connectivity index (χ3v) is 4.67. The average molecular weight is 353 g/mol. The Balaban J connectivity index is 1.84. The highest BCUT2D eigenvalue weighted by atomic mass is 32.2. The highest BCUT2D eigenvalue weighted by molar-refractivity contribution is 7.99. The molecule has 8 heteroatoms. The first-order valence-electron chi connectivity index (χ1n) is 8.36. The molecular weight excluding hydrogens is 326 g/mol. The average Bonchev–Trinajstić information content (AvgIpc) is 2.70. The lowest BCUT2D eigenvalue weighted by molar-refractivity contribution is -0.133. The number of likely N-dealkylation sites (N-methyl/N-ethyl adjacent to an activating group) is 1. The van der Waals surface area contributed by atoms with Gasteiger partial charge in [0.15, 0.2) is 5.16 Å². The summed E-state index contributed by atoms with van der Waals surface area (Å²) in [7, 11) is 1.65. The predicted octanol–water partition coefficient (Wildman–Crippen LogP) is 1.47. The van der Waals surface area contributed by atoms with Gasteiger partial charge in [-0.3, -0.25) is 9.59 Å². The van der Waals surface area contributed by atoms with Crippen LogP contribution in [-0.2, 0) is 22.6 Å². The van der Waals surface area contributed by atoms with Gasteiger partial charge in [0.05, 0.1) is 12.3 Å². The van der Waals surface area contributed by atoms with Crippen LogP contribution >= 0.6 is 11.8 Å². The van der Waals surface area contributed by atoms with Crippen LogP contribution in [0.25, 0.3) is 0 Å². The van der Waals surface area contributed by atoms with Gasteiger partial charge < -0.3 is 14.8 Å². The maximum absolute atomic E-state index is 12.2. The minimum atomic E-state index is -0.297. The van der Waals surface area contributed by atoms with Crippen molar-refractivity contribution < 1.29 is 9.59 Å². The lowest BCUT2D eigenvalue weighted by atomic mass is 10.1. The monoisotopic (exact) mass is 353 g/mol. The number of fused-ring (bicyclic) bond motifs is 1. The van der Waals surface area contributed by atoms with Crippen molar-refractivity contribution >= 4 is 23.6 Å². The molecule has 0 bridgehead atoms. The Bertz CT molecular complexity index is 594. The van der Waals surface area contributed by atoms with Crippen molar-refractivity contribution in [3.63, 3.8) is 0 Å². The number of nitrogens with zero attached hydrogens (tertiary/aromatic N) is 4. The Labute approximate surface area is 147 Å². The number of carbonyl (C=O) groups is 2. The van der Waals surface area contributed by atoms with Crippen LogP contribution in [0.15, 0.2) is 5.16 Å². The number of rotatable bonds is 5. The van der Waals surface area contributed by atoms with Crippen LogP contribution in [0, 0.1) is 0 Å². The molecule has 1 aliphatic rings. The van der Waals surface area contributed by atoms with Crippen LogP contribution in [0.4, 0.5) is 0 Å². The fourth-order valence-corrected chi connectivity index (χ4v) is 3.49. The number of nitrogens with one attached hydrogen (secondary N) is 1. The standard InChI is InChI=1S/C16H27N5O2S/c1-16(2,3)17-13(22)10-20(4)14(23)11-24-15-19-18-12-8-6-5-7-9-21(12)15/h5-11H2,1-4H3,(H,17,22). The molecule has 24 heavy (non-hydrogen) atoms. The number of hydrogen-bond donors (Lipinski definition) is 1. The molecule has 0 fully saturated rings. The summed E-state index contributed by atoms with van der Waals surface area (Å²) in [4.78, 5) is 25.6. The Hall–Kier alpha value is -1.57. The van der Waals surface area contributed by atoms with Crippen molar-refractivity contribution in [1.82, 2.24) is 25.0 Å². The van der Waals surface area contributed by atoms with Crippen molar-refractivity contribution in [3.8, 4) is 0 Å². The van der Waals surface area contributed by atoms with Gasteiger partial charge in [-0.2, -0.15) is 0 Å². The SMILES string of the molecule is CN(CC(=O)NC(C)(C)C)C(=O)CSc1nnc2n1CCCCC2. The predicted molar refractivity (Wildman–Crippen MR) is 93.8 cm³/mol. The third-order valence-electron chi connectivity index (χ3n) is 3.72. The quantitative estimate of drug-likeness (QED) is 0.811. The molecule has 2 amide bonds. The number of hydrogen-bond acceptors (Lipinski definition) is 5. The molecule has 1 aromatic heterocycles. The Morgan fingerprint density at radius 3 is 2.71 bits per heavy atom. The summed E-state index contributed by atoms with van der Waals surface area (Å²) in [6.45, 7) is 6.73. The first kappa shape index (κ1) is 18.8. The van der Waals surface area contributed by atoms with Gasteiger partial charge in [0, 0.05) is 25.6 Å². The first-order chi connectivity index (χ1) is 11.3. The Morgan fingerprint density at radius 2 is 2.00 bits per heavy atom. The highest BCUT2D eigenvalue weighted by Crippen LogP contribution is 2.21. The molecule has 1 aromatic rings. The molecule has 0 atom stereocenters. The van der Waals surface area contributed by atoms with E-state index in [1.807, 2.05) is 20.8 Å². The van der Waals surface area contributed by atoms with Gasteiger partial charge in [0.25, 0.3) is 0 Å². The van der Waals surface area contributed by atoms with Crippen molar-refractivity contribution in [1.29, 1.82) is 0 Å². The minimum Gasteiger partial charge on any atom is -0.350 e. The zero-order valence-electron chi connectivity index (χ0n) is 15.0. The second-order valence-electron chi connectivity index (χ2n) is 7.20. The van der Waals surface area contributed by atoms with Crippen LogP contribution in [0.2, 0.25) is 0 Å². The van der Waals surface area contributed by atoms with E-state index in [0.29, 0.717) is 0 Å². The molecule has 0 aliphatic carbocycles. The smallest absolute Gasteiger partial charge is 0.240 e. The maximum Gasteiger partial charge on any atom is 0.240 e. The van der Waals surface area contributed by atoms with Crippen LogP contribution in [0.3, 0.4) is 0 Å². The highest BCUT2D eigenvalue weighted by Gasteiger charge is 2.20. The van der Waals surface area contributed by atoms with E-state index in [-0.39, 0.29) is 29.7 Å². The number of amides is 2. The minimum absolute atomic E-state index is 0.0641. The maximum atomic E-state index is 12.2. The molecule has 0 aromatic carbocycles. The molecule has 0 spiro atoms. The van der Waals surface area contributed by atoms with E-state index in [9.17, 15) is 9.59 Å². The van der Waals surface area contributed by atoms with E-state index in [1.54, 1.807) is 7.05 Å². The summed E-state index contributed by atoms with van der Waals surface area (Å²) < 4.78 is 2.12. The Kier molecular flexibility index (Phi) is 6.26. The van der Waals surface area contributed by atoms with E-state index in [2.05, 4.69) is 20.1 Å². The summed E-state index contributed by atoms with van der Waals surface area (Å²) in [6.07, 6.45) is 4.43. The molecule has 0 radical (unpaired) electrons. The fourth-order valence-electron chi connectivity index (χ4n) is 2.56. The van der Waals surface area contributed by atoms with E-state index in [4.69, 9.17) is 0 Å². The van der Waals surface area contributed by atoms with Crippen molar-refractivity contribution in [2.24, 2.45) is 0 Å². The topological polar surface area (TPSA) is 80.1 Å². The molecule has 2 heterocycles. The van der Waals surface area contributed by atoms with Gasteiger partial charge in [0.2, 0.25) is 11.8 Å². The van der Waals surface area contributed by atoms with Gasteiger partial charge in [0.1, 0.15) is 5.82 Å². The van der Waals surface area contributed by atoms with E-state index < -0.39 is 0 Å². The summed E-state index contributed by atoms with van der Waals surface area (Å²) in [5.74, 6) is 1.03. The Morgan fingerprint density at radius 1 is 1.25 bits per heavy atom. The van der Waals surface area contributed by atoms with Crippen LogP contribution < -0.4 is 5.32 Å². The van der Waals surface area contributed by atoms with Crippen LogP contribution in [0.5, 0.6) is 0 Å². The van der Waals surface area contributed by atoms with Crippen molar-refractivity contribution in [2.75, 3.05) is 19.3 Å². The molecule has 2 rings (SSSR count). The van der Waals surface area contributed by atoms with Crippen molar-refractivity contribution in [3.05, 3.63) is 5.82 Å². The molecule has 0 unspecified atom stereocenters. The molecule has 7 nitrogen and oxygen atoms in total. The fraction of sp³-hybridized carbons (Fsp3) is 0.750. The summed E-state index contributed by atoms with van der Waals surface area (Å²) in [6, 6.07) is 0. The van der Waals surface area contributed by atoms with E-state index in [1.165, 1.54) is 23.1 Å². The summed E-state index contributed by atoms with van der Waals surface area (Å²) in [5.41, 5.74) is -0.297. The number of thioether (sulfide) groups is 1. The lowest BCUT2D eigenvalue weighted by Gasteiger charge is -2.23. The zero-order valence-corrected chi connectivity index (χ0v) is 15.8. The summed E-state index contributed by atoms with van der Waals surface area (Å²) >= 11 is 1.39. The summed E-state index contributed by atoms with van der Waals surface area (Å²) in [5, 5.41) is 12.1. The van der Waals surface area contributed by atoms with Crippen LogP contribution in [-0.4, -0.2) is 56.4 Å². The molecular formula is C16H27N5O2S. The molecule has 0 saturated heterocycles. The number of aromatic nitrogens is 3. The second kappa shape index (κ2) is 8.00. The zero-order chi connectivity index (χ0) is 17.7. The molecule has 1 N–H and O–H groups in total. The van der Waals surface area contributed by atoms with Gasteiger partial charge in [-0.05, 0) is 33.6 Å². The van der Waals surface area contributed by atoms with Gasteiger partial charge in [-0.15, -0.1) is 10.2 Å². The molecule has 0 saturated carbocycles. The van der Waals surface area contributed by atoms with E-state index >= 15 is 0 Å². The van der Waals surface area contributed by atoms with Crippen molar-refractivity contribution in [2.45, 2.75) is 63.7 Å². The second-order valence-corrected chi connectivity index (χ2v) is 8.14. The lowest BCUT2D eigenvalue weighted by Crippen LogP contribution is -2.46. The number of carbonyl (C=O) groups excluding carboxylic acids is 2. The number of aryl methyl sites for hydroxylation is 1. The first-order valence-corrected chi connectivity index (χ1v) is 9.35. The van der Waals surface area contributed by atoms with Gasteiger partial charge in [-0.1, -0.05) is 18.2 Å². The molecule has 1 aliphatic heterocycles. The third kappa shape index (κ3) is 5.51. The molecule has 134 valence electrons.